The van der Waals surface area contributed by atoms with E-state index in [4.69, 9.17) is 42.1 Å². The van der Waals surface area contributed by atoms with Crippen LogP contribution in [-0.4, -0.2) is 71.7 Å². The summed E-state index contributed by atoms with van der Waals surface area (Å²) in [7, 11) is 1.09. The van der Waals surface area contributed by atoms with E-state index in [9.17, 15) is 18.0 Å². The Labute approximate surface area is 315 Å². The molecule has 1 atom stereocenters. The van der Waals surface area contributed by atoms with E-state index in [-0.39, 0.29) is 40.1 Å². The third-order valence-electron chi connectivity index (χ3n) is 8.00. The minimum Gasteiger partial charge on any atom is -0.497 e. The van der Waals surface area contributed by atoms with Gasteiger partial charge < -0.3 is 29.2 Å². The summed E-state index contributed by atoms with van der Waals surface area (Å²) in [6, 6.07) is 21.7. The van der Waals surface area contributed by atoms with Gasteiger partial charge >= 0.3 is 0 Å². The molecule has 0 fully saturated rings. The summed E-state index contributed by atoms with van der Waals surface area (Å²) in [5, 5.41) is 3.65. The van der Waals surface area contributed by atoms with E-state index in [0.29, 0.717) is 22.1 Å². The molecule has 0 aliphatic rings. The molecule has 14 heteroatoms. The third kappa shape index (κ3) is 9.81. The van der Waals surface area contributed by atoms with Crippen molar-refractivity contribution in [1.82, 2.24) is 10.2 Å². The van der Waals surface area contributed by atoms with Crippen LogP contribution in [-0.2, 0) is 32.6 Å². The number of carbonyl (C=O) groups excluding carboxylic acids is 2. The summed E-state index contributed by atoms with van der Waals surface area (Å²) in [6.07, 6.45) is 0.116. The lowest BCUT2D eigenvalue weighted by molar-refractivity contribution is -0.140. The Morgan fingerprint density at radius 3 is 2.04 bits per heavy atom. The average molecular weight is 773 g/mol. The lowest BCUT2D eigenvalue weighted by Crippen LogP contribution is -2.56. The molecule has 1 unspecified atom stereocenters. The van der Waals surface area contributed by atoms with Gasteiger partial charge in [0, 0.05) is 40.7 Å². The number of nitrogens with one attached hydrogen (secondary N) is 1. The molecule has 0 bridgehead atoms. The summed E-state index contributed by atoms with van der Waals surface area (Å²) in [5.41, 5.74) is 0.637. The second kappa shape index (κ2) is 17.2. The number of sulfonamides is 1. The molecule has 2 amide bonds. The van der Waals surface area contributed by atoms with Gasteiger partial charge in [0.25, 0.3) is 10.0 Å². The molecule has 4 aromatic carbocycles. The fourth-order valence-corrected chi connectivity index (χ4v) is 7.35. The highest BCUT2D eigenvalue weighted by Gasteiger charge is 2.37. The molecule has 0 saturated carbocycles. The number of carbonyl (C=O) groups is 2. The molecular weight excluding hydrogens is 729 g/mol. The Kier molecular flexibility index (Phi) is 13.3. The van der Waals surface area contributed by atoms with Crippen molar-refractivity contribution in [3.63, 3.8) is 0 Å². The molecule has 0 saturated heterocycles. The molecule has 278 valence electrons. The molecule has 0 aliphatic carbocycles. The number of ether oxygens (including phenoxy) is 4. The number of nitrogens with zero attached hydrogens (tertiary/aromatic N) is 2. The first-order valence-electron chi connectivity index (χ1n) is 16.2. The Morgan fingerprint density at radius 1 is 0.788 bits per heavy atom. The molecular formula is C38H43Cl2N3O8S. The molecule has 0 spiro atoms. The highest BCUT2D eigenvalue weighted by atomic mass is 35.5. The van der Waals surface area contributed by atoms with Crippen molar-refractivity contribution in [2.24, 2.45) is 0 Å². The first-order chi connectivity index (χ1) is 24.6. The monoisotopic (exact) mass is 771 g/mol. The molecule has 4 aromatic rings. The minimum absolute atomic E-state index is 0.0215. The second-order valence-corrected chi connectivity index (χ2v) is 15.5. The van der Waals surface area contributed by atoms with Gasteiger partial charge in [0.1, 0.15) is 24.1 Å². The summed E-state index contributed by atoms with van der Waals surface area (Å²) in [5.74, 6) is -0.216. The number of hydrogen-bond donors (Lipinski definition) is 1. The van der Waals surface area contributed by atoms with E-state index in [1.165, 1.54) is 69.7 Å². The van der Waals surface area contributed by atoms with Gasteiger partial charge in [-0.05, 0) is 68.3 Å². The van der Waals surface area contributed by atoms with Crippen LogP contribution in [0.5, 0.6) is 23.0 Å². The van der Waals surface area contributed by atoms with Crippen molar-refractivity contribution >= 4 is 50.7 Å². The Bertz CT molecular complexity index is 1990. The van der Waals surface area contributed by atoms with E-state index in [1.807, 2.05) is 51.1 Å². The van der Waals surface area contributed by atoms with Gasteiger partial charge in [0.2, 0.25) is 11.8 Å². The molecule has 0 aliphatic heterocycles. The van der Waals surface area contributed by atoms with Crippen LogP contribution in [0.25, 0.3) is 0 Å². The van der Waals surface area contributed by atoms with Crippen LogP contribution in [0.3, 0.4) is 0 Å². The molecule has 52 heavy (non-hydrogen) atoms. The lowest BCUT2D eigenvalue weighted by Gasteiger charge is -2.35. The minimum atomic E-state index is -4.55. The predicted octanol–water partition coefficient (Wildman–Crippen LogP) is 6.78. The molecule has 0 heterocycles. The fourth-order valence-electron chi connectivity index (χ4n) is 5.45. The maximum Gasteiger partial charge on any atom is 0.265 e. The fraction of sp³-hybridized carbons (Fsp3) is 0.316. The molecule has 1 N–H and O–H groups in total. The van der Waals surface area contributed by atoms with E-state index >= 15 is 0 Å². The van der Waals surface area contributed by atoms with Gasteiger partial charge in [-0.3, -0.25) is 13.9 Å². The van der Waals surface area contributed by atoms with E-state index in [2.05, 4.69) is 5.32 Å². The van der Waals surface area contributed by atoms with Crippen molar-refractivity contribution in [1.29, 1.82) is 0 Å². The second-order valence-electron chi connectivity index (χ2n) is 12.8. The van der Waals surface area contributed by atoms with Gasteiger partial charge in [-0.1, -0.05) is 59.6 Å². The molecule has 0 radical (unpaired) electrons. The highest BCUT2D eigenvalue weighted by molar-refractivity contribution is 7.92. The SMILES string of the molecule is COc1ccc(OC)c(N(CC(=O)N(Cc2ccc(Cl)cc2Cl)C(Cc2ccccc2)C(=O)NC(C)(C)C)S(=O)(=O)c2ccc(OC)c(OC)c2)c1. The number of rotatable bonds is 15. The Morgan fingerprint density at radius 2 is 1.44 bits per heavy atom. The van der Waals surface area contributed by atoms with Crippen molar-refractivity contribution in [2.75, 3.05) is 39.3 Å². The summed E-state index contributed by atoms with van der Waals surface area (Å²) < 4.78 is 52.1. The van der Waals surface area contributed by atoms with Crippen LogP contribution in [0.1, 0.15) is 31.9 Å². The normalized spacial score (nSPS) is 12.0. The predicted molar refractivity (Wildman–Crippen MR) is 202 cm³/mol. The Hall–Kier alpha value is -4.65. The number of methoxy groups -OCH3 is 4. The number of hydrogen-bond acceptors (Lipinski definition) is 8. The summed E-state index contributed by atoms with van der Waals surface area (Å²) in [4.78, 5) is 30.2. The van der Waals surface area contributed by atoms with Crippen LogP contribution in [0.4, 0.5) is 5.69 Å². The zero-order valence-corrected chi connectivity index (χ0v) is 32.4. The van der Waals surface area contributed by atoms with Gasteiger partial charge in [0.05, 0.1) is 39.0 Å². The number of halogens is 2. The zero-order chi connectivity index (χ0) is 38.2. The molecule has 0 aromatic heterocycles. The van der Waals surface area contributed by atoms with Crippen molar-refractivity contribution < 1.29 is 37.0 Å². The van der Waals surface area contributed by atoms with E-state index < -0.39 is 40.0 Å². The largest absolute Gasteiger partial charge is 0.497 e. The topological polar surface area (TPSA) is 124 Å². The van der Waals surface area contributed by atoms with Gasteiger partial charge in [-0.15, -0.1) is 0 Å². The molecule has 4 rings (SSSR count). The van der Waals surface area contributed by atoms with E-state index in [0.717, 1.165) is 9.87 Å². The molecule has 11 nitrogen and oxygen atoms in total. The number of anilines is 1. The van der Waals surface area contributed by atoms with Gasteiger partial charge in [-0.2, -0.15) is 0 Å². The van der Waals surface area contributed by atoms with Gasteiger partial charge in [0.15, 0.2) is 11.5 Å². The number of benzene rings is 4. The Balaban J connectivity index is 1.93. The maximum absolute atomic E-state index is 14.9. The van der Waals surface area contributed by atoms with E-state index in [1.54, 1.807) is 18.2 Å². The smallest absolute Gasteiger partial charge is 0.265 e. The van der Waals surface area contributed by atoms with Crippen LogP contribution in [0.15, 0.2) is 89.8 Å². The lowest BCUT2D eigenvalue weighted by atomic mass is 10.0. The number of amides is 2. The van der Waals surface area contributed by atoms with Crippen molar-refractivity contribution in [3.05, 3.63) is 106 Å². The van der Waals surface area contributed by atoms with Crippen LogP contribution < -0.4 is 28.6 Å². The first-order valence-corrected chi connectivity index (χ1v) is 18.4. The highest BCUT2D eigenvalue weighted by Crippen LogP contribution is 2.38. The standard InChI is InChI=1S/C38H43Cl2N3O8S/c1-38(2,3)41-37(45)32(19-25-11-9-8-10-12-25)42(23-26-13-14-27(39)20-30(26)40)36(44)24-43(31-21-28(48-4)15-17-33(31)49-5)52(46,47)29-16-18-34(50-6)35(22-29)51-7/h8-18,20-22,32H,19,23-24H2,1-7H3,(H,41,45). The average Bonchev–Trinajstić information content (AvgIpc) is 3.11. The maximum atomic E-state index is 14.9. The quantitative estimate of drug-likeness (QED) is 0.140. The van der Waals surface area contributed by atoms with Crippen LogP contribution >= 0.6 is 23.2 Å². The zero-order valence-electron chi connectivity index (χ0n) is 30.1. The third-order valence-corrected chi connectivity index (χ3v) is 10.3. The summed E-state index contributed by atoms with van der Waals surface area (Å²) in [6.45, 7) is 4.60. The van der Waals surface area contributed by atoms with Crippen LogP contribution in [0, 0.1) is 0 Å². The van der Waals surface area contributed by atoms with Crippen LogP contribution in [0.2, 0.25) is 10.0 Å². The first kappa shape index (κ1) is 40.1. The van der Waals surface area contributed by atoms with Crippen molar-refractivity contribution in [3.8, 4) is 23.0 Å². The van der Waals surface area contributed by atoms with Crippen molar-refractivity contribution in [2.45, 2.75) is 50.2 Å². The summed E-state index contributed by atoms with van der Waals surface area (Å²) >= 11 is 12.8. The van der Waals surface area contributed by atoms with Gasteiger partial charge in [-0.25, -0.2) is 8.42 Å².